The van der Waals surface area contributed by atoms with Crippen LogP contribution in [0.4, 0.5) is 0 Å². The number of nitrogens with one attached hydrogen (secondary N) is 1. The molecule has 5 heteroatoms. The Morgan fingerprint density at radius 3 is 2.11 bits per heavy atom. The Morgan fingerprint density at radius 1 is 1.17 bits per heavy atom. The number of aliphatic carboxylic acids is 1. The SMILES string of the molecule is CN(CC(=O)O)NC1C2CC3CC(C2)CC1C3.Cl. The van der Waals surface area contributed by atoms with Gasteiger partial charge < -0.3 is 5.11 Å². The molecule has 4 fully saturated rings. The number of carboxylic acid groups (broad SMARTS) is 1. The highest BCUT2D eigenvalue weighted by Gasteiger charge is 2.48. The van der Waals surface area contributed by atoms with Gasteiger partial charge in [-0.05, 0) is 55.8 Å². The zero-order valence-electron chi connectivity index (χ0n) is 10.8. The predicted octanol–water partition coefficient (Wildman–Crippen LogP) is 1.75. The summed E-state index contributed by atoms with van der Waals surface area (Å²) < 4.78 is 0. The Bertz CT molecular complexity index is 296. The molecule has 0 unspecified atom stereocenters. The minimum absolute atomic E-state index is 0. The van der Waals surface area contributed by atoms with Gasteiger partial charge in [-0.25, -0.2) is 5.01 Å². The molecule has 4 nitrogen and oxygen atoms in total. The Kier molecular flexibility index (Phi) is 4.19. The van der Waals surface area contributed by atoms with Crippen LogP contribution in [0.2, 0.25) is 0 Å². The van der Waals surface area contributed by atoms with Crippen LogP contribution in [0, 0.1) is 23.7 Å². The molecule has 0 aromatic rings. The van der Waals surface area contributed by atoms with E-state index in [1.54, 1.807) is 5.01 Å². The number of hydrogen-bond acceptors (Lipinski definition) is 3. The highest BCUT2D eigenvalue weighted by atomic mass is 35.5. The summed E-state index contributed by atoms with van der Waals surface area (Å²) in [6.45, 7) is 0.0861. The van der Waals surface area contributed by atoms with Crippen molar-refractivity contribution < 1.29 is 9.90 Å². The van der Waals surface area contributed by atoms with Crippen LogP contribution in [0.15, 0.2) is 0 Å². The average Bonchev–Trinajstić information content (AvgIpc) is 2.21. The highest BCUT2D eigenvalue weighted by molar-refractivity contribution is 5.85. The van der Waals surface area contributed by atoms with Crippen molar-refractivity contribution in [3.63, 3.8) is 0 Å². The smallest absolute Gasteiger partial charge is 0.319 e. The van der Waals surface area contributed by atoms with Crippen LogP contribution in [0.5, 0.6) is 0 Å². The Balaban J connectivity index is 0.00000120. The number of rotatable bonds is 4. The predicted molar refractivity (Wildman–Crippen MR) is 71.5 cm³/mol. The third kappa shape index (κ3) is 2.65. The third-order valence-electron chi connectivity index (χ3n) is 4.97. The largest absolute Gasteiger partial charge is 0.480 e. The van der Waals surface area contributed by atoms with Gasteiger partial charge in [0, 0.05) is 13.1 Å². The van der Waals surface area contributed by atoms with Crippen molar-refractivity contribution in [3.05, 3.63) is 0 Å². The van der Waals surface area contributed by atoms with E-state index in [0.29, 0.717) is 6.04 Å². The zero-order chi connectivity index (χ0) is 12.0. The molecule has 0 radical (unpaired) electrons. The van der Waals surface area contributed by atoms with Gasteiger partial charge >= 0.3 is 5.97 Å². The summed E-state index contributed by atoms with van der Waals surface area (Å²) in [7, 11) is 1.85. The van der Waals surface area contributed by atoms with Crippen LogP contribution in [0.25, 0.3) is 0 Å². The number of carboxylic acids is 1. The van der Waals surface area contributed by atoms with Gasteiger partial charge in [0.15, 0.2) is 0 Å². The molecule has 0 atom stereocenters. The molecule has 4 bridgehead atoms. The van der Waals surface area contributed by atoms with Crippen molar-refractivity contribution in [3.8, 4) is 0 Å². The highest BCUT2D eigenvalue weighted by Crippen LogP contribution is 2.53. The number of nitrogens with zero attached hydrogens (tertiary/aromatic N) is 1. The van der Waals surface area contributed by atoms with Gasteiger partial charge in [-0.3, -0.25) is 10.2 Å². The third-order valence-corrected chi connectivity index (χ3v) is 4.97. The monoisotopic (exact) mass is 274 g/mol. The summed E-state index contributed by atoms with van der Waals surface area (Å²) >= 11 is 0. The van der Waals surface area contributed by atoms with E-state index in [-0.39, 0.29) is 19.0 Å². The van der Waals surface area contributed by atoms with Gasteiger partial charge in [-0.15, -0.1) is 12.4 Å². The first-order valence-electron chi connectivity index (χ1n) is 6.81. The Hall–Kier alpha value is -0.320. The first kappa shape index (κ1) is 14.1. The normalized spacial score (nSPS) is 40.9. The molecule has 0 saturated heterocycles. The number of carbonyl (C=O) groups is 1. The summed E-state index contributed by atoms with van der Waals surface area (Å²) in [6.07, 6.45) is 6.93. The molecule has 0 spiro atoms. The maximum atomic E-state index is 10.7. The molecule has 0 aromatic carbocycles. The molecule has 4 saturated carbocycles. The fourth-order valence-corrected chi connectivity index (χ4v) is 4.64. The molecule has 2 N–H and O–H groups in total. The fourth-order valence-electron chi connectivity index (χ4n) is 4.64. The van der Waals surface area contributed by atoms with Crippen LogP contribution in [0.1, 0.15) is 32.1 Å². The lowest BCUT2D eigenvalue weighted by Crippen LogP contribution is -2.58. The molecule has 4 aliphatic carbocycles. The summed E-state index contributed by atoms with van der Waals surface area (Å²) in [4.78, 5) is 10.7. The van der Waals surface area contributed by atoms with E-state index in [2.05, 4.69) is 5.43 Å². The lowest BCUT2D eigenvalue weighted by molar-refractivity contribution is -0.139. The van der Waals surface area contributed by atoms with E-state index >= 15 is 0 Å². The molecule has 0 aliphatic heterocycles. The van der Waals surface area contributed by atoms with Gasteiger partial charge in [-0.2, -0.15) is 0 Å². The van der Waals surface area contributed by atoms with E-state index in [1.807, 2.05) is 7.05 Å². The van der Waals surface area contributed by atoms with Crippen LogP contribution in [-0.4, -0.2) is 35.7 Å². The fraction of sp³-hybridized carbons (Fsp3) is 0.923. The van der Waals surface area contributed by atoms with Crippen LogP contribution in [-0.2, 0) is 4.79 Å². The molecule has 4 aliphatic rings. The van der Waals surface area contributed by atoms with Crippen LogP contribution < -0.4 is 5.43 Å². The molecule has 4 rings (SSSR count). The van der Waals surface area contributed by atoms with Gasteiger partial charge in [0.05, 0.1) is 0 Å². The Morgan fingerprint density at radius 2 is 1.67 bits per heavy atom. The standard InChI is InChI=1S/C13H22N2O2.ClH/c1-15(7-12(16)17)14-13-10-3-8-2-9(5-10)6-11(13)4-8;/h8-11,13-14H,2-7H2,1H3,(H,16,17);1H. The first-order chi connectivity index (χ1) is 8.11. The van der Waals surface area contributed by atoms with Crippen LogP contribution >= 0.6 is 12.4 Å². The molecule has 18 heavy (non-hydrogen) atoms. The van der Waals surface area contributed by atoms with E-state index in [4.69, 9.17) is 5.11 Å². The minimum atomic E-state index is -0.760. The molecular formula is C13H23ClN2O2. The number of hydrazine groups is 1. The quantitative estimate of drug-likeness (QED) is 0.767. The maximum absolute atomic E-state index is 10.7. The van der Waals surface area contributed by atoms with Gasteiger partial charge in [0.1, 0.15) is 6.54 Å². The van der Waals surface area contributed by atoms with E-state index in [9.17, 15) is 4.79 Å². The van der Waals surface area contributed by atoms with Crippen molar-refractivity contribution in [1.82, 2.24) is 10.4 Å². The number of likely N-dealkylation sites (N-methyl/N-ethyl adjacent to an activating group) is 1. The second kappa shape index (κ2) is 5.35. The number of halogens is 1. The summed E-state index contributed by atoms with van der Waals surface area (Å²) in [5.74, 6) is 2.77. The molecule has 0 aromatic heterocycles. The van der Waals surface area contributed by atoms with E-state index in [0.717, 1.165) is 23.7 Å². The lowest BCUT2D eigenvalue weighted by Gasteiger charge is -2.55. The van der Waals surface area contributed by atoms with Crippen molar-refractivity contribution >= 4 is 18.4 Å². The molecule has 0 heterocycles. The second-order valence-electron chi connectivity index (χ2n) is 6.34. The molecule has 104 valence electrons. The first-order valence-corrected chi connectivity index (χ1v) is 6.81. The maximum Gasteiger partial charge on any atom is 0.319 e. The van der Waals surface area contributed by atoms with Crippen molar-refractivity contribution in [2.24, 2.45) is 23.7 Å². The lowest BCUT2D eigenvalue weighted by atomic mass is 9.54. The van der Waals surface area contributed by atoms with Gasteiger partial charge in [0.2, 0.25) is 0 Å². The van der Waals surface area contributed by atoms with Crippen LogP contribution in [0.3, 0.4) is 0 Å². The van der Waals surface area contributed by atoms with Gasteiger partial charge in [0.25, 0.3) is 0 Å². The summed E-state index contributed by atoms with van der Waals surface area (Å²) in [6, 6.07) is 0.534. The van der Waals surface area contributed by atoms with E-state index in [1.165, 1.54) is 32.1 Å². The average molecular weight is 275 g/mol. The van der Waals surface area contributed by atoms with Crippen molar-refractivity contribution in [2.45, 2.75) is 38.1 Å². The Labute approximate surface area is 114 Å². The minimum Gasteiger partial charge on any atom is -0.480 e. The topological polar surface area (TPSA) is 52.6 Å². The summed E-state index contributed by atoms with van der Waals surface area (Å²) in [5.41, 5.74) is 3.45. The molecule has 0 amide bonds. The zero-order valence-corrected chi connectivity index (χ0v) is 11.7. The van der Waals surface area contributed by atoms with E-state index < -0.39 is 5.97 Å². The number of hydrogen-bond donors (Lipinski definition) is 2. The second-order valence-corrected chi connectivity index (χ2v) is 6.34. The molecular weight excluding hydrogens is 252 g/mol. The van der Waals surface area contributed by atoms with Crippen molar-refractivity contribution in [2.75, 3.05) is 13.6 Å². The van der Waals surface area contributed by atoms with Gasteiger partial charge in [-0.1, -0.05) is 0 Å². The van der Waals surface area contributed by atoms with Crippen molar-refractivity contribution in [1.29, 1.82) is 0 Å². The summed E-state index contributed by atoms with van der Waals surface area (Å²) in [5, 5.41) is 10.5.